The van der Waals surface area contributed by atoms with Crippen molar-refractivity contribution in [3.63, 3.8) is 0 Å². The molecule has 2 heteroatoms. The second-order valence-electron chi connectivity index (χ2n) is 5.80. The van der Waals surface area contributed by atoms with Crippen LogP contribution in [0.15, 0.2) is 42.5 Å². The summed E-state index contributed by atoms with van der Waals surface area (Å²) in [6.45, 7) is 1.88. The molecule has 0 aromatic heterocycles. The molecule has 2 N–H and O–H groups in total. The number of rotatable bonds is 3. The molecule has 0 aliphatic heterocycles. The van der Waals surface area contributed by atoms with Crippen molar-refractivity contribution < 1.29 is 4.39 Å². The van der Waals surface area contributed by atoms with Gasteiger partial charge in [0, 0.05) is 5.56 Å². The summed E-state index contributed by atoms with van der Waals surface area (Å²) >= 11 is 0. The van der Waals surface area contributed by atoms with Crippen LogP contribution >= 0.6 is 0 Å². The summed E-state index contributed by atoms with van der Waals surface area (Å²) in [7, 11) is 0. The van der Waals surface area contributed by atoms with Crippen LogP contribution < -0.4 is 5.73 Å². The predicted molar refractivity (Wildman–Crippen MR) is 80.2 cm³/mol. The largest absolute Gasteiger partial charge is 0.320 e. The lowest BCUT2D eigenvalue weighted by atomic mass is 9.79. The minimum atomic E-state index is -0.393. The van der Waals surface area contributed by atoms with Gasteiger partial charge in [-0.3, -0.25) is 0 Å². The summed E-state index contributed by atoms with van der Waals surface area (Å²) in [4.78, 5) is 0. The van der Waals surface area contributed by atoms with E-state index in [1.165, 1.54) is 24.8 Å². The summed E-state index contributed by atoms with van der Waals surface area (Å²) < 4.78 is 14.0. The molecule has 1 fully saturated rings. The van der Waals surface area contributed by atoms with Crippen molar-refractivity contribution in [2.75, 3.05) is 0 Å². The van der Waals surface area contributed by atoms with Crippen LogP contribution in [0.25, 0.3) is 0 Å². The maximum Gasteiger partial charge on any atom is 0.128 e. The first-order chi connectivity index (χ1) is 9.65. The molecule has 1 nitrogen and oxygen atoms in total. The van der Waals surface area contributed by atoms with Crippen LogP contribution in [0.3, 0.4) is 0 Å². The zero-order chi connectivity index (χ0) is 14.1. The first-order valence-corrected chi connectivity index (χ1v) is 7.26. The van der Waals surface area contributed by atoms with Crippen LogP contribution in [-0.4, -0.2) is 0 Å². The quantitative estimate of drug-likeness (QED) is 0.875. The minimum absolute atomic E-state index is 0.216. The molecule has 1 atom stereocenters. The van der Waals surface area contributed by atoms with E-state index in [9.17, 15) is 4.39 Å². The molecule has 1 saturated carbocycles. The molecule has 2 aromatic rings. The van der Waals surface area contributed by atoms with E-state index >= 15 is 0 Å². The van der Waals surface area contributed by atoms with Gasteiger partial charge in [-0.2, -0.15) is 0 Å². The second-order valence-corrected chi connectivity index (χ2v) is 5.80. The van der Waals surface area contributed by atoms with Crippen LogP contribution in [0.1, 0.15) is 53.5 Å². The summed E-state index contributed by atoms with van der Waals surface area (Å²) in [5.74, 6) is 0.455. The molecular weight excluding hydrogens is 249 g/mol. The molecule has 0 radical (unpaired) electrons. The van der Waals surface area contributed by atoms with E-state index < -0.39 is 6.04 Å². The molecule has 3 rings (SSSR count). The number of hydrogen-bond donors (Lipinski definition) is 1. The summed E-state index contributed by atoms with van der Waals surface area (Å²) in [6.07, 6.45) is 3.84. The van der Waals surface area contributed by atoms with E-state index in [2.05, 4.69) is 12.1 Å². The van der Waals surface area contributed by atoms with Gasteiger partial charge in [0.2, 0.25) is 0 Å². The SMILES string of the molecule is Cc1ccc(C(N)c2cccc(C3CCC3)c2)c(F)c1. The van der Waals surface area contributed by atoms with Gasteiger partial charge in [-0.15, -0.1) is 0 Å². The first-order valence-electron chi connectivity index (χ1n) is 7.26. The molecule has 1 unspecified atom stereocenters. The molecule has 0 bridgehead atoms. The maximum atomic E-state index is 14.0. The number of halogens is 1. The average molecular weight is 269 g/mol. The van der Waals surface area contributed by atoms with Crippen LogP contribution in [0.2, 0.25) is 0 Å². The third-order valence-electron chi connectivity index (χ3n) is 4.34. The van der Waals surface area contributed by atoms with E-state index in [0.717, 1.165) is 11.1 Å². The fourth-order valence-electron chi connectivity index (χ4n) is 2.81. The van der Waals surface area contributed by atoms with Gasteiger partial charge in [0.1, 0.15) is 5.82 Å². The molecule has 1 aliphatic rings. The Hall–Kier alpha value is -1.67. The highest BCUT2D eigenvalue weighted by Gasteiger charge is 2.21. The summed E-state index contributed by atoms with van der Waals surface area (Å²) in [5.41, 5.74) is 10.1. The number of nitrogens with two attached hydrogens (primary N) is 1. The fraction of sp³-hybridized carbons (Fsp3) is 0.333. The predicted octanol–water partition coefficient (Wildman–Crippen LogP) is 4.45. The van der Waals surface area contributed by atoms with Gasteiger partial charge in [0.05, 0.1) is 6.04 Å². The lowest BCUT2D eigenvalue weighted by Crippen LogP contribution is -2.15. The lowest BCUT2D eigenvalue weighted by molar-refractivity contribution is 0.419. The Morgan fingerprint density at radius 2 is 1.95 bits per heavy atom. The maximum absolute atomic E-state index is 14.0. The summed E-state index contributed by atoms with van der Waals surface area (Å²) in [6, 6.07) is 13.2. The standard InChI is InChI=1S/C18H20FN/c1-12-8-9-16(17(19)10-12)18(20)15-7-3-6-14(11-15)13-4-2-5-13/h3,6-11,13,18H,2,4-5,20H2,1H3. The molecule has 0 heterocycles. The Balaban J connectivity index is 1.91. The van der Waals surface area contributed by atoms with Crippen LogP contribution in [0.5, 0.6) is 0 Å². The zero-order valence-electron chi connectivity index (χ0n) is 11.8. The highest BCUT2D eigenvalue weighted by atomic mass is 19.1. The van der Waals surface area contributed by atoms with Crippen molar-refractivity contribution in [2.45, 2.75) is 38.1 Å². The highest BCUT2D eigenvalue weighted by Crippen LogP contribution is 2.37. The third-order valence-corrected chi connectivity index (χ3v) is 4.34. The van der Waals surface area contributed by atoms with Crippen molar-refractivity contribution in [3.05, 3.63) is 70.5 Å². The van der Waals surface area contributed by atoms with E-state index in [0.29, 0.717) is 11.5 Å². The molecule has 104 valence electrons. The van der Waals surface area contributed by atoms with E-state index in [1.54, 1.807) is 12.1 Å². The molecular formula is C18H20FN. The van der Waals surface area contributed by atoms with Gasteiger partial charge in [0.15, 0.2) is 0 Å². The Morgan fingerprint density at radius 1 is 1.15 bits per heavy atom. The normalized spacial score (nSPS) is 16.8. The lowest BCUT2D eigenvalue weighted by Gasteiger charge is -2.26. The van der Waals surface area contributed by atoms with Crippen molar-refractivity contribution in [2.24, 2.45) is 5.73 Å². The van der Waals surface area contributed by atoms with Crippen LogP contribution in [-0.2, 0) is 0 Å². The summed E-state index contributed by atoms with van der Waals surface area (Å²) in [5, 5.41) is 0. The van der Waals surface area contributed by atoms with Gasteiger partial charge in [-0.05, 0) is 48.4 Å². The third kappa shape index (κ3) is 2.48. The second kappa shape index (κ2) is 5.37. The van der Waals surface area contributed by atoms with Crippen molar-refractivity contribution in [1.29, 1.82) is 0 Å². The molecule has 0 spiro atoms. The molecule has 1 aliphatic carbocycles. The molecule has 0 amide bonds. The highest BCUT2D eigenvalue weighted by molar-refractivity contribution is 5.37. The van der Waals surface area contributed by atoms with E-state index in [1.807, 2.05) is 25.1 Å². The van der Waals surface area contributed by atoms with E-state index in [-0.39, 0.29) is 5.82 Å². The number of aryl methyl sites for hydroxylation is 1. The zero-order valence-corrected chi connectivity index (χ0v) is 11.8. The monoisotopic (exact) mass is 269 g/mol. The Kier molecular flexibility index (Phi) is 3.58. The van der Waals surface area contributed by atoms with Crippen LogP contribution in [0.4, 0.5) is 4.39 Å². The topological polar surface area (TPSA) is 26.0 Å². The Labute approximate surface area is 119 Å². The average Bonchev–Trinajstić information content (AvgIpc) is 2.36. The molecule has 2 aromatic carbocycles. The Morgan fingerprint density at radius 3 is 2.60 bits per heavy atom. The molecule has 0 saturated heterocycles. The fourth-order valence-corrected chi connectivity index (χ4v) is 2.81. The minimum Gasteiger partial charge on any atom is -0.320 e. The van der Waals surface area contributed by atoms with Gasteiger partial charge < -0.3 is 5.73 Å². The van der Waals surface area contributed by atoms with Gasteiger partial charge in [-0.1, -0.05) is 42.8 Å². The first kappa shape index (κ1) is 13.3. The smallest absolute Gasteiger partial charge is 0.128 e. The van der Waals surface area contributed by atoms with Crippen molar-refractivity contribution in [3.8, 4) is 0 Å². The van der Waals surface area contributed by atoms with Gasteiger partial charge in [-0.25, -0.2) is 4.39 Å². The van der Waals surface area contributed by atoms with E-state index in [4.69, 9.17) is 5.73 Å². The number of hydrogen-bond acceptors (Lipinski definition) is 1. The number of benzene rings is 2. The van der Waals surface area contributed by atoms with Gasteiger partial charge >= 0.3 is 0 Å². The van der Waals surface area contributed by atoms with Crippen LogP contribution in [0, 0.1) is 12.7 Å². The van der Waals surface area contributed by atoms with Crippen molar-refractivity contribution >= 4 is 0 Å². The van der Waals surface area contributed by atoms with Gasteiger partial charge in [0.25, 0.3) is 0 Å². The molecule has 20 heavy (non-hydrogen) atoms. The van der Waals surface area contributed by atoms with Crippen molar-refractivity contribution in [1.82, 2.24) is 0 Å². The Bertz CT molecular complexity index is 617.